The smallest absolute Gasteiger partial charge is 0.336 e. The van der Waals surface area contributed by atoms with Crippen LogP contribution >= 0.6 is 0 Å². The number of ether oxygens (including phenoxy) is 5. The monoisotopic (exact) mass is 594 g/mol. The lowest BCUT2D eigenvalue weighted by molar-refractivity contribution is -0.289. The number of hydrogen-bond donors (Lipinski definition) is 8. The normalized spacial score (nSPS) is 31.4. The van der Waals surface area contributed by atoms with E-state index in [1.165, 1.54) is 37.4 Å². The van der Waals surface area contributed by atoms with Crippen molar-refractivity contribution in [2.24, 2.45) is 0 Å². The zero-order valence-electron chi connectivity index (χ0n) is 22.1. The third-order valence-corrected chi connectivity index (χ3v) is 7.22. The van der Waals surface area contributed by atoms with Gasteiger partial charge in [0.2, 0.25) is 6.29 Å². The molecule has 0 unspecified atom stereocenters. The largest absolute Gasteiger partial charge is 0.504 e. The van der Waals surface area contributed by atoms with Crippen molar-refractivity contribution in [1.82, 2.24) is 0 Å². The Balaban J connectivity index is 1.47. The average molecular weight is 595 g/mol. The summed E-state index contributed by atoms with van der Waals surface area (Å²) in [4.78, 5) is 12.4. The Bertz CT molecular complexity index is 1490. The number of phenolic OH excluding ortho intramolecular Hbond substituents is 2. The molecule has 2 aromatic carbocycles. The maximum atomic E-state index is 12.4. The molecule has 15 nitrogen and oxygen atoms in total. The summed E-state index contributed by atoms with van der Waals surface area (Å²) in [5, 5.41) is 81.5. The molecule has 3 aromatic rings. The molecule has 0 saturated carbocycles. The Morgan fingerprint density at radius 1 is 0.976 bits per heavy atom. The van der Waals surface area contributed by atoms with Gasteiger partial charge < -0.3 is 69.0 Å². The van der Waals surface area contributed by atoms with Crippen LogP contribution in [-0.2, 0) is 14.2 Å². The van der Waals surface area contributed by atoms with E-state index in [1.807, 2.05) is 0 Å². The summed E-state index contributed by atoms with van der Waals surface area (Å²) >= 11 is 0. The lowest BCUT2D eigenvalue weighted by atomic mass is 9.98. The number of aliphatic hydroxyl groups is 6. The third kappa shape index (κ3) is 5.49. The Kier molecular flexibility index (Phi) is 8.30. The van der Waals surface area contributed by atoms with Gasteiger partial charge in [0.1, 0.15) is 53.2 Å². The first-order valence-corrected chi connectivity index (χ1v) is 12.7. The highest BCUT2D eigenvalue weighted by Gasteiger charge is 2.50. The summed E-state index contributed by atoms with van der Waals surface area (Å²) in [7, 11) is 1.35. The van der Waals surface area contributed by atoms with Crippen molar-refractivity contribution in [2.75, 3.05) is 26.9 Å². The SMILES string of the molecule is COc1cc(O[C@@H]2O[C@@H](CO[C@H]3OC[C@@](O)(CO)[C@H]3O)[C@@H](O)[C@@H](O)[C@H]2O)c2c(-c3ccc(O)c(O)c3)cc(=O)oc2c1. The highest BCUT2D eigenvalue weighted by atomic mass is 16.7. The van der Waals surface area contributed by atoms with Crippen LogP contribution in [0, 0.1) is 0 Å². The fourth-order valence-electron chi connectivity index (χ4n) is 4.77. The molecule has 0 spiro atoms. The van der Waals surface area contributed by atoms with E-state index in [0.717, 1.165) is 6.07 Å². The zero-order chi connectivity index (χ0) is 30.3. The Morgan fingerprint density at radius 2 is 1.74 bits per heavy atom. The molecule has 2 saturated heterocycles. The maximum Gasteiger partial charge on any atom is 0.336 e. The quantitative estimate of drug-likeness (QED) is 0.110. The second-order valence-corrected chi connectivity index (χ2v) is 10.0. The molecule has 228 valence electrons. The first-order valence-electron chi connectivity index (χ1n) is 12.7. The standard InChI is InChI=1S/C27H30O15/c1-37-12-5-16-20(13(7-19(31)40-16)11-2-3-14(29)15(30)4-11)17(6-12)41-25-23(34)22(33)21(32)18(42-25)8-38-26-24(35)27(36,9-28)10-39-26/h2-7,18,21-26,28-30,32-36H,8-10H2,1H3/t18-,21+,22+,23+,24-,25+,26-,27-/m0/s1. The number of methoxy groups -OCH3 is 1. The molecule has 2 fully saturated rings. The Labute approximate surface area is 236 Å². The second kappa shape index (κ2) is 11.6. The number of aromatic hydroxyl groups is 2. The van der Waals surface area contributed by atoms with E-state index in [2.05, 4.69) is 0 Å². The molecule has 5 rings (SSSR count). The Hall–Kier alpha value is -3.51. The fourth-order valence-corrected chi connectivity index (χ4v) is 4.77. The van der Waals surface area contributed by atoms with Crippen molar-refractivity contribution in [3.05, 3.63) is 46.8 Å². The summed E-state index contributed by atoms with van der Waals surface area (Å²) in [5.41, 5.74) is -2.20. The van der Waals surface area contributed by atoms with Gasteiger partial charge in [0.15, 0.2) is 17.8 Å². The van der Waals surface area contributed by atoms with Crippen molar-refractivity contribution in [2.45, 2.75) is 48.7 Å². The topological polar surface area (TPSA) is 238 Å². The molecule has 8 atom stereocenters. The van der Waals surface area contributed by atoms with Gasteiger partial charge in [-0.05, 0) is 17.7 Å². The van der Waals surface area contributed by atoms with Gasteiger partial charge in [-0.3, -0.25) is 0 Å². The van der Waals surface area contributed by atoms with Crippen LogP contribution in [0.3, 0.4) is 0 Å². The highest BCUT2D eigenvalue weighted by molar-refractivity contribution is 5.98. The van der Waals surface area contributed by atoms with Crippen LogP contribution in [-0.4, -0.2) is 116 Å². The number of aliphatic hydroxyl groups excluding tert-OH is 5. The molecule has 42 heavy (non-hydrogen) atoms. The van der Waals surface area contributed by atoms with Gasteiger partial charge in [0.25, 0.3) is 0 Å². The molecule has 0 amide bonds. The lowest BCUT2D eigenvalue weighted by Gasteiger charge is -2.40. The molecule has 2 aliphatic rings. The highest BCUT2D eigenvalue weighted by Crippen LogP contribution is 2.41. The number of hydrogen-bond acceptors (Lipinski definition) is 15. The van der Waals surface area contributed by atoms with Crippen molar-refractivity contribution >= 4 is 11.0 Å². The van der Waals surface area contributed by atoms with E-state index in [-0.39, 0.29) is 33.8 Å². The number of benzene rings is 2. The molecule has 0 aliphatic carbocycles. The van der Waals surface area contributed by atoms with Crippen molar-refractivity contribution in [3.8, 4) is 34.1 Å². The van der Waals surface area contributed by atoms with Gasteiger partial charge in [-0.1, -0.05) is 6.07 Å². The molecule has 15 heteroatoms. The third-order valence-electron chi connectivity index (χ3n) is 7.22. The van der Waals surface area contributed by atoms with Crippen LogP contribution in [0.2, 0.25) is 0 Å². The van der Waals surface area contributed by atoms with Gasteiger partial charge in [0.05, 0.1) is 32.3 Å². The zero-order valence-corrected chi connectivity index (χ0v) is 22.1. The van der Waals surface area contributed by atoms with E-state index >= 15 is 0 Å². The molecular weight excluding hydrogens is 564 g/mol. The van der Waals surface area contributed by atoms with E-state index in [0.29, 0.717) is 5.56 Å². The van der Waals surface area contributed by atoms with Crippen molar-refractivity contribution in [1.29, 1.82) is 0 Å². The van der Waals surface area contributed by atoms with Crippen LogP contribution < -0.4 is 15.1 Å². The molecule has 1 aromatic heterocycles. The van der Waals surface area contributed by atoms with Crippen LogP contribution in [0.1, 0.15) is 0 Å². The van der Waals surface area contributed by atoms with Gasteiger partial charge in [-0.15, -0.1) is 0 Å². The molecule has 0 radical (unpaired) electrons. The van der Waals surface area contributed by atoms with E-state index < -0.39 is 79.9 Å². The van der Waals surface area contributed by atoms with E-state index in [1.54, 1.807) is 0 Å². The minimum atomic E-state index is -1.95. The average Bonchev–Trinajstić information content (AvgIpc) is 3.26. The summed E-state index contributed by atoms with van der Waals surface area (Å²) in [6, 6.07) is 7.80. The van der Waals surface area contributed by atoms with Crippen molar-refractivity contribution < 1.29 is 69.0 Å². The van der Waals surface area contributed by atoms with Gasteiger partial charge in [-0.2, -0.15) is 0 Å². The van der Waals surface area contributed by atoms with Crippen LogP contribution in [0.5, 0.6) is 23.0 Å². The minimum Gasteiger partial charge on any atom is -0.504 e. The molecule has 3 heterocycles. The van der Waals surface area contributed by atoms with Gasteiger partial charge in [-0.25, -0.2) is 4.79 Å². The molecule has 0 bridgehead atoms. The molecule has 2 aliphatic heterocycles. The summed E-state index contributed by atoms with van der Waals surface area (Å²) in [5.74, 6) is -0.712. The van der Waals surface area contributed by atoms with Crippen LogP contribution in [0.4, 0.5) is 0 Å². The van der Waals surface area contributed by atoms with Crippen molar-refractivity contribution in [3.63, 3.8) is 0 Å². The summed E-state index contributed by atoms with van der Waals surface area (Å²) < 4.78 is 32.9. The van der Waals surface area contributed by atoms with E-state index in [4.69, 9.17) is 28.1 Å². The second-order valence-electron chi connectivity index (χ2n) is 10.0. The predicted octanol–water partition coefficient (Wildman–Crippen LogP) is -1.48. The minimum absolute atomic E-state index is 0.00563. The van der Waals surface area contributed by atoms with Gasteiger partial charge >= 0.3 is 5.63 Å². The van der Waals surface area contributed by atoms with Crippen LogP contribution in [0.25, 0.3) is 22.1 Å². The first kappa shape index (κ1) is 30.0. The lowest BCUT2D eigenvalue weighted by Crippen LogP contribution is -2.60. The Morgan fingerprint density at radius 3 is 2.40 bits per heavy atom. The van der Waals surface area contributed by atoms with E-state index in [9.17, 15) is 45.6 Å². The number of fused-ring (bicyclic) bond motifs is 1. The fraction of sp³-hybridized carbons (Fsp3) is 0.444. The number of phenols is 2. The molecular formula is C27H30O15. The maximum absolute atomic E-state index is 12.4. The predicted molar refractivity (Wildman–Crippen MR) is 139 cm³/mol. The van der Waals surface area contributed by atoms with Crippen LogP contribution in [0.15, 0.2) is 45.6 Å². The summed E-state index contributed by atoms with van der Waals surface area (Å²) in [6.45, 7) is -1.71. The molecule has 8 N–H and O–H groups in total. The summed E-state index contributed by atoms with van der Waals surface area (Å²) in [6.07, 6.45) is -11.2. The van der Waals surface area contributed by atoms with Gasteiger partial charge in [0, 0.05) is 23.8 Å². The number of rotatable bonds is 8. The first-order chi connectivity index (χ1) is 19.9.